The van der Waals surface area contributed by atoms with E-state index in [1.165, 1.54) is 25.6 Å². The smallest absolute Gasteiger partial charge is 0.311 e. The van der Waals surface area contributed by atoms with E-state index in [0.29, 0.717) is 19.0 Å². The van der Waals surface area contributed by atoms with E-state index in [4.69, 9.17) is 9.47 Å². The lowest BCUT2D eigenvalue weighted by Crippen LogP contribution is -2.46. The number of pyridine rings is 1. The van der Waals surface area contributed by atoms with E-state index in [-0.39, 0.29) is 24.3 Å². The first kappa shape index (κ1) is 16.7. The first-order valence-corrected chi connectivity index (χ1v) is 8.18. The molecular weight excluding hydrogens is 312 g/mol. The summed E-state index contributed by atoms with van der Waals surface area (Å²) in [5, 5.41) is 9.42. The number of sulfonamides is 1. The molecule has 9 heteroatoms. The molecule has 1 aromatic rings. The van der Waals surface area contributed by atoms with Crippen LogP contribution in [-0.4, -0.2) is 51.3 Å². The van der Waals surface area contributed by atoms with Crippen LogP contribution in [0.4, 0.5) is 0 Å². The normalized spacial score (nSPS) is 17.9. The molecular formula is C13H18N2O6S. The number of carbonyl (C=O) groups is 1. The molecule has 0 bridgehead atoms. The molecule has 0 aliphatic carbocycles. The van der Waals surface area contributed by atoms with Crippen LogP contribution in [0.3, 0.4) is 0 Å². The molecule has 1 saturated heterocycles. The summed E-state index contributed by atoms with van der Waals surface area (Å²) in [6, 6.07) is 1.33. The predicted molar refractivity (Wildman–Crippen MR) is 76.1 cm³/mol. The second kappa shape index (κ2) is 6.59. The Morgan fingerprint density at radius 1 is 1.45 bits per heavy atom. The van der Waals surface area contributed by atoms with Crippen LogP contribution in [0.1, 0.15) is 12.8 Å². The minimum absolute atomic E-state index is 0.0700. The van der Waals surface area contributed by atoms with Crippen LogP contribution in [0.15, 0.2) is 23.4 Å². The molecule has 0 radical (unpaired) electrons. The fraction of sp³-hybridized carbons (Fsp3) is 0.538. The fourth-order valence-corrected chi connectivity index (χ4v) is 3.31. The maximum atomic E-state index is 12.3. The highest BCUT2D eigenvalue weighted by Gasteiger charge is 2.41. The summed E-state index contributed by atoms with van der Waals surface area (Å²) in [7, 11) is -2.46. The van der Waals surface area contributed by atoms with Gasteiger partial charge in [-0.25, -0.2) is 13.1 Å². The van der Waals surface area contributed by atoms with Crippen molar-refractivity contribution in [3.8, 4) is 5.75 Å². The number of hydrogen-bond donors (Lipinski definition) is 2. The first-order chi connectivity index (χ1) is 10.4. The minimum atomic E-state index is -3.86. The summed E-state index contributed by atoms with van der Waals surface area (Å²) in [5.41, 5.74) is -1.14. The molecule has 8 nitrogen and oxygen atoms in total. The van der Waals surface area contributed by atoms with Crippen molar-refractivity contribution >= 4 is 16.0 Å². The standard InChI is InChI=1S/C13H18N2O6S/c1-20-10-6-11(8-14-7-10)22(18,19)15-9-13(12(16)17)2-4-21-5-3-13/h6-8,15H,2-5,9H2,1H3,(H,16,17). The summed E-state index contributed by atoms with van der Waals surface area (Å²) >= 11 is 0. The van der Waals surface area contributed by atoms with E-state index in [2.05, 4.69) is 9.71 Å². The van der Waals surface area contributed by atoms with E-state index < -0.39 is 21.4 Å². The summed E-state index contributed by atoms with van der Waals surface area (Å²) in [6.45, 7) is 0.411. The molecule has 0 atom stereocenters. The van der Waals surface area contributed by atoms with Crippen LogP contribution in [0.25, 0.3) is 0 Å². The van der Waals surface area contributed by atoms with Crippen LogP contribution in [0.2, 0.25) is 0 Å². The second-order valence-electron chi connectivity index (χ2n) is 5.08. The zero-order chi connectivity index (χ0) is 16.2. The van der Waals surface area contributed by atoms with Crippen LogP contribution in [0, 0.1) is 5.41 Å². The van der Waals surface area contributed by atoms with E-state index in [9.17, 15) is 18.3 Å². The van der Waals surface area contributed by atoms with Gasteiger partial charge in [0.05, 0.1) is 18.7 Å². The van der Waals surface area contributed by atoms with Crippen molar-refractivity contribution in [2.45, 2.75) is 17.7 Å². The SMILES string of the molecule is COc1cncc(S(=O)(=O)NCC2(C(=O)O)CCOCC2)c1. The molecule has 0 saturated carbocycles. The van der Waals surface area contributed by atoms with Gasteiger partial charge in [0, 0.05) is 32.0 Å². The summed E-state index contributed by atoms with van der Waals surface area (Å²) in [4.78, 5) is 15.2. The lowest BCUT2D eigenvalue weighted by molar-refractivity contribution is -0.154. The van der Waals surface area contributed by atoms with Crippen molar-refractivity contribution in [3.63, 3.8) is 0 Å². The number of carboxylic acid groups (broad SMARTS) is 1. The van der Waals surface area contributed by atoms with Gasteiger partial charge in [0.2, 0.25) is 10.0 Å². The number of carboxylic acids is 1. The quantitative estimate of drug-likeness (QED) is 0.768. The zero-order valence-corrected chi connectivity index (χ0v) is 12.9. The predicted octanol–water partition coefficient (Wildman–Crippen LogP) is 0.250. The average molecular weight is 330 g/mol. The Labute approximate surface area is 128 Å². The average Bonchev–Trinajstić information content (AvgIpc) is 2.54. The molecule has 1 aliphatic rings. The Morgan fingerprint density at radius 2 is 2.14 bits per heavy atom. The Balaban J connectivity index is 2.15. The summed E-state index contributed by atoms with van der Waals surface area (Å²) in [6.07, 6.45) is 3.10. The van der Waals surface area contributed by atoms with Crippen LogP contribution in [-0.2, 0) is 19.6 Å². The van der Waals surface area contributed by atoms with Gasteiger partial charge < -0.3 is 14.6 Å². The molecule has 0 unspecified atom stereocenters. The Bertz CT molecular complexity index is 640. The zero-order valence-electron chi connectivity index (χ0n) is 12.1. The van der Waals surface area contributed by atoms with Gasteiger partial charge in [-0.15, -0.1) is 0 Å². The monoisotopic (exact) mass is 330 g/mol. The maximum absolute atomic E-state index is 12.3. The summed E-state index contributed by atoms with van der Waals surface area (Å²) in [5.74, 6) is -0.718. The number of methoxy groups -OCH3 is 1. The van der Waals surface area contributed by atoms with Gasteiger partial charge in [0.1, 0.15) is 10.6 Å². The Morgan fingerprint density at radius 3 is 2.73 bits per heavy atom. The van der Waals surface area contributed by atoms with Gasteiger partial charge >= 0.3 is 5.97 Å². The minimum Gasteiger partial charge on any atom is -0.495 e. The van der Waals surface area contributed by atoms with Gasteiger partial charge in [-0.05, 0) is 12.8 Å². The van der Waals surface area contributed by atoms with E-state index >= 15 is 0 Å². The molecule has 1 fully saturated rings. The van der Waals surface area contributed by atoms with Crippen molar-refractivity contribution in [1.82, 2.24) is 9.71 Å². The maximum Gasteiger partial charge on any atom is 0.311 e. The Hall–Kier alpha value is -1.71. The highest BCUT2D eigenvalue weighted by molar-refractivity contribution is 7.89. The third-order valence-electron chi connectivity index (χ3n) is 3.74. The lowest BCUT2D eigenvalue weighted by atomic mass is 9.80. The van der Waals surface area contributed by atoms with Crippen molar-refractivity contribution in [1.29, 1.82) is 0 Å². The van der Waals surface area contributed by atoms with Crippen LogP contribution in [0.5, 0.6) is 5.75 Å². The second-order valence-corrected chi connectivity index (χ2v) is 6.85. The summed E-state index contributed by atoms with van der Waals surface area (Å²) < 4.78 is 37.0. The number of aromatic nitrogens is 1. The van der Waals surface area contributed by atoms with Gasteiger partial charge in [-0.3, -0.25) is 9.78 Å². The third-order valence-corrected chi connectivity index (χ3v) is 5.11. The number of nitrogens with one attached hydrogen (secondary N) is 1. The van der Waals surface area contributed by atoms with Crippen molar-refractivity contribution in [2.75, 3.05) is 26.9 Å². The molecule has 2 heterocycles. The number of hydrogen-bond acceptors (Lipinski definition) is 6. The van der Waals surface area contributed by atoms with Crippen LogP contribution < -0.4 is 9.46 Å². The molecule has 2 rings (SSSR count). The number of aliphatic carboxylic acids is 1. The van der Waals surface area contributed by atoms with Crippen molar-refractivity contribution in [2.24, 2.45) is 5.41 Å². The van der Waals surface area contributed by atoms with Gasteiger partial charge in [-0.2, -0.15) is 0 Å². The van der Waals surface area contributed by atoms with Gasteiger partial charge in [-0.1, -0.05) is 0 Å². The van der Waals surface area contributed by atoms with Crippen molar-refractivity contribution < 1.29 is 27.8 Å². The largest absolute Gasteiger partial charge is 0.495 e. The Kier molecular flexibility index (Phi) is 4.99. The molecule has 2 N–H and O–H groups in total. The van der Waals surface area contributed by atoms with Gasteiger partial charge in [0.25, 0.3) is 0 Å². The van der Waals surface area contributed by atoms with Crippen LogP contribution >= 0.6 is 0 Å². The molecule has 0 aromatic carbocycles. The molecule has 0 amide bonds. The van der Waals surface area contributed by atoms with E-state index in [1.807, 2.05) is 0 Å². The number of ether oxygens (including phenoxy) is 2. The van der Waals surface area contributed by atoms with E-state index in [0.717, 1.165) is 0 Å². The molecule has 22 heavy (non-hydrogen) atoms. The van der Waals surface area contributed by atoms with Gasteiger partial charge in [0.15, 0.2) is 0 Å². The van der Waals surface area contributed by atoms with E-state index in [1.54, 1.807) is 0 Å². The lowest BCUT2D eigenvalue weighted by Gasteiger charge is -2.33. The van der Waals surface area contributed by atoms with Crippen molar-refractivity contribution in [3.05, 3.63) is 18.5 Å². The topological polar surface area (TPSA) is 115 Å². The molecule has 0 spiro atoms. The highest BCUT2D eigenvalue weighted by atomic mass is 32.2. The molecule has 1 aliphatic heterocycles. The molecule has 122 valence electrons. The number of rotatable bonds is 6. The molecule has 1 aromatic heterocycles. The third kappa shape index (κ3) is 3.54. The fourth-order valence-electron chi connectivity index (χ4n) is 2.20. The number of nitrogens with zero attached hydrogens (tertiary/aromatic N) is 1. The first-order valence-electron chi connectivity index (χ1n) is 6.69. The highest BCUT2D eigenvalue weighted by Crippen LogP contribution is 2.30.